The Kier molecular flexibility index (Phi) is 4.97. The highest BCUT2D eigenvalue weighted by atomic mass is 79.9. The van der Waals surface area contributed by atoms with E-state index in [1.54, 1.807) is 0 Å². The number of rotatable bonds is 3. The minimum absolute atomic E-state index is 0.874. The smallest absolute Gasteiger partial charge is 0.0984 e. The van der Waals surface area contributed by atoms with Crippen molar-refractivity contribution in [3.05, 3.63) is 120 Å². The molecule has 0 atom stereocenters. The zero-order valence-corrected chi connectivity index (χ0v) is 19.3. The first-order chi connectivity index (χ1) is 16.3. The van der Waals surface area contributed by atoms with Crippen molar-refractivity contribution in [3.8, 4) is 33.6 Å². The molecule has 0 radical (unpaired) electrons. The molecule has 5 aromatic carbocycles. The van der Waals surface area contributed by atoms with Crippen molar-refractivity contribution in [2.45, 2.75) is 0 Å². The highest BCUT2D eigenvalue weighted by Gasteiger charge is 2.18. The van der Waals surface area contributed by atoms with Gasteiger partial charge in [-0.1, -0.05) is 113 Å². The van der Waals surface area contributed by atoms with E-state index in [9.17, 15) is 0 Å². The third kappa shape index (κ3) is 3.51. The van der Waals surface area contributed by atoms with Crippen molar-refractivity contribution in [2.75, 3.05) is 0 Å². The van der Waals surface area contributed by atoms with Gasteiger partial charge in [-0.25, -0.2) is 9.97 Å². The fraction of sp³-hybridized carbons (Fsp3) is 0. The second-order valence-electron chi connectivity index (χ2n) is 7.96. The molecule has 0 saturated heterocycles. The number of aromatic nitrogens is 2. The number of benzene rings is 5. The molecule has 156 valence electrons. The van der Waals surface area contributed by atoms with E-state index in [1.807, 2.05) is 42.5 Å². The summed E-state index contributed by atoms with van der Waals surface area (Å²) in [5, 5.41) is 2.37. The number of nitrogens with zero attached hydrogens (tertiary/aromatic N) is 2. The lowest BCUT2D eigenvalue weighted by molar-refractivity contribution is 1.29. The minimum Gasteiger partial charge on any atom is -0.244 e. The summed E-state index contributed by atoms with van der Waals surface area (Å²) in [5.41, 5.74) is 8.06. The number of fused-ring (bicyclic) bond motifs is 2. The lowest BCUT2D eigenvalue weighted by atomic mass is 9.92. The van der Waals surface area contributed by atoms with Crippen molar-refractivity contribution in [1.82, 2.24) is 9.97 Å². The average molecular weight is 487 g/mol. The van der Waals surface area contributed by atoms with Gasteiger partial charge in [0.25, 0.3) is 0 Å². The highest BCUT2D eigenvalue weighted by molar-refractivity contribution is 9.10. The number of hydrogen-bond acceptors (Lipinski definition) is 2. The van der Waals surface area contributed by atoms with Gasteiger partial charge in [0.15, 0.2) is 0 Å². The molecule has 0 unspecified atom stereocenters. The van der Waals surface area contributed by atoms with Crippen LogP contribution in [0.1, 0.15) is 0 Å². The summed E-state index contributed by atoms with van der Waals surface area (Å²) in [6.07, 6.45) is 0. The molecule has 2 nitrogen and oxygen atoms in total. The second-order valence-corrected chi connectivity index (χ2v) is 8.82. The molecule has 0 aliphatic heterocycles. The molecule has 0 saturated carbocycles. The van der Waals surface area contributed by atoms with Crippen LogP contribution >= 0.6 is 15.9 Å². The van der Waals surface area contributed by atoms with Crippen LogP contribution in [0.5, 0.6) is 0 Å². The van der Waals surface area contributed by atoms with Crippen molar-refractivity contribution in [1.29, 1.82) is 0 Å². The summed E-state index contributed by atoms with van der Waals surface area (Å²) in [7, 11) is 0. The van der Waals surface area contributed by atoms with Gasteiger partial charge in [0.1, 0.15) is 0 Å². The molecule has 0 fully saturated rings. The lowest BCUT2D eigenvalue weighted by Crippen LogP contribution is -1.97. The van der Waals surface area contributed by atoms with Crippen LogP contribution in [0.3, 0.4) is 0 Å². The van der Waals surface area contributed by atoms with Crippen molar-refractivity contribution >= 4 is 37.7 Å². The molecule has 33 heavy (non-hydrogen) atoms. The number of para-hydroxylation sites is 2. The molecule has 6 rings (SSSR count). The molecule has 0 aliphatic rings. The quantitative estimate of drug-likeness (QED) is 0.250. The van der Waals surface area contributed by atoms with Crippen LogP contribution in [0.15, 0.2) is 120 Å². The van der Waals surface area contributed by atoms with Gasteiger partial charge in [-0.05, 0) is 40.1 Å². The van der Waals surface area contributed by atoms with E-state index in [-0.39, 0.29) is 0 Å². The van der Waals surface area contributed by atoms with E-state index in [4.69, 9.17) is 9.97 Å². The summed E-state index contributed by atoms with van der Waals surface area (Å²) in [6, 6.07) is 39.7. The number of hydrogen-bond donors (Lipinski definition) is 0. The molecule has 0 N–H and O–H groups in total. The molecule has 3 heteroatoms. The molecule has 1 aromatic heterocycles. The topological polar surface area (TPSA) is 25.8 Å². The molecule has 0 aliphatic carbocycles. The molecule has 0 amide bonds. The van der Waals surface area contributed by atoms with Gasteiger partial charge >= 0.3 is 0 Å². The minimum atomic E-state index is 0.874. The molecular formula is C30H19BrN2. The van der Waals surface area contributed by atoms with Crippen LogP contribution in [0.25, 0.3) is 55.4 Å². The first-order valence-electron chi connectivity index (χ1n) is 10.9. The summed E-state index contributed by atoms with van der Waals surface area (Å²) in [6.45, 7) is 0. The van der Waals surface area contributed by atoms with E-state index in [2.05, 4.69) is 88.7 Å². The van der Waals surface area contributed by atoms with Gasteiger partial charge in [0.05, 0.1) is 22.4 Å². The fourth-order valence-corrected chi connectivity index (χ4v) is 4.88. The Bertz CT molecular complexity index is 1620. The van der Waals surface area contributed by atoms with Crippen LogP contribution in [0, 0.1) is 0 Å². The number of halogens is 1. The van der Waals surface area contributed by atoms with Gasteiger partial charge in [0, 0.05) is 15.6 Å². The van der Waals surface area contributed by atoms with Crippen LogP contribution in [-0.2, 0) is 0 Å². The van der Waals surface area contributed by atoms with Crippen LogP contribution in [-0.4, -0.2) is 9.97 Å². The van der Waals surface area contributed by atoms with Crippen LogP contribution < -0.4 is 0 Å². The Morgan fingerprint density at radius 1 is 0.424 bits per heavy atom. The molecule has 1 heterocycles. The summed E-state index contributed by atoms with van der Waals surface area (Å²) >= 11 is 3.73. The Hall–Kier alpha value is -3.82. The standard InChI is InChI=1S/C30H19BrN2/c31-26-15-7-6-14-25(26)30-29(32-27-16-8-9-17-28(27)33-30)24-19-18-21(20-10-2-1-3-11-20)22-12-4-5-13-23(22)24/h1-19H. The van der Waals surface area contributed by atoms with Gasteiger partial charge in [-0.3, -0.25) is 0 Å². The predicted molar refractivity (Wildman–Crippen MR) is 141 cm³/mol. The van der Waals surface area contributed by atoms with E-state index >= 15 is 0 Å². The first kappa shape index (κ1) is 19.8. The Morgan fingerprint density at radius 3 is 1.64 bits per heavy atom. The van der Waals surface area contributed by atoms with E-state index < -0.39 is 0 Å². The Labute approximate surface area is 200 Å². The zero-order chi connectivity index (χ0) is 22.2. The second kappa shape index (κ2) is 8.27. The molecule has 0 bridgehead atoms. The van der Waals surface area contributed by atoms with Gasteiger partial charge in [0.2, 0.25) is 0 Å². The third-order valence-electron chi connectivity index (χ3n) is 5.96. The van der Waals surface area contributed by atoms with Gasteiger partial charge in [-0.2, -0.15) is 0 Å². The van der Waals surface area contributed by atoms with Crippen LogP contribution in [0.2, 0.25) is 0 Å². The largest absolute Gasteiger partial charge is 0.244 e. The lowest BCUT2D eigenvalue weighted by Gasteiger charge is -2.15. The summed E-state index contributed by atoms with van der Waals surface area (Å²) < 4.78 is 1.00. The van der Waals surface area contributed by atoms with Crippen molar-refractivity contribution in [3.63, 3.8) is 0 Å². The normalized spacial score (nSPS) is 11.2. The summed E-state index contributed by atoms with van der Waals surface area (Å²) in [5.74, 6) is 0. The van der Waals surface area contributed by atoms with Crippen molar-refractivity contribution in [2.24, 2.45) is 0 Å². The van der Waals surface area contributed by atoms with Gasteiger partial charge < -0.3 is 0 Å². The van der Waals surface area contributed by atoms with Crippen molar-refractivity contribution < 1.29 is 0 Å². The maximum Gasteiger partial charge on any atom is 0.0984 e. The van der Waals surface area contributed by atoms with Crippen LogP contribution in [0.4, 0.5) is 0 Å². The zero-order valence-electron chi connectivity index (χ0n) is 17.7. The first-order valence-corrected chi connectivity index (χ1v) is 11.7. The molecular weight excluding hydrogens is 468 g/mol. The SMILES string of the molecule is Brc1ccccc1-c1nc2ccccc2nc1-c1ccc(-c2ccccc2)c2ccccc12. The third-order valence-corrected chi connectivity index (χ3v) is 6.66. The maximum atomic E-state index is 5.13. The van der Waals surface area contributed by atoms with E-state index in [1.165, 1.54) is 16.5 Å². The monoisotopic (exact) mass is 486 g/mol. The average Bonchev–Trinajstić information content (AvgIpc) is 2.88. The van der Waals surface area contributed by atoms with Gasteiger partial charge in [-0.15, -0.1) is 0 Å². The van der Waals surface area contributed by atoms with E-state index in [0.717, 1.165) is 43.4 Å². The highest BCUT2D eigenvalue weighted by Crippen LogP contribution is 2.40. The fourth-order valence-electron chi connectivity index (χ4n) is 4.40. The molecule has 0 spiro atoms. The Balaban J connectivity index is 1.69. The predicted octanol–water partition coefficient (Wildman–Crippen LogP) is 8.55. The maximum absolute atomic E-state index is 5.13. The molecule has 6 aromatic rings. The van der Waals surface area contributed by atoms with E-state index in [0.29, 0.717) is 0 Å². The summed E-state index contributed by atoms with van der Waals surface area (Å²) in [4.78, 5) is 10.2. The Morgan fingerprint density at radius 2 is 0.939 bits per heavy atom.